The van der Waals surface area contributed by atoms with Crippen LogP contribution in [0.3, 0.4) is 0 Å². The Kier molecular flexibility index (Phi) is 6.55. The Morgan fingerprint density at radius 3 is 2.73 bits per heavy atom. The van der Waals surface area contributed by atoms with Crippen molar-refractivity contribution in [2.75, 3.05) is 25.9 Å². The lowest BCUT2D eigenvalue weighted by Crippen LogP contribution is -2.40. The van der Waals surface area contributed by atoms with Crippen LogP contribution >= 0.6 is 0 Å². The first-order chi connectivity index (χ1) is 10.5. The number of carbonyl (C=O) groups is 3. The number of amides is 3. The second kappa shape index (κ2) is 8.40. The minimum Gasteiger partial charge on any atom is -0.398 e. The van der Waals surface area contributed by atoms with Gasteiger partial charge in [0.2, 0.25) is 0 Å². The molecule has 1 aromatic carbocycles. The summed E-state index contributed by atoms with van der Waals surface area (Å²) >= 11 is 0. The molecule has 0 aliphatic heterocycles. The topological polar surface area (TPSA) is 105 Å². The second-order valence-corrected chi connectivity index (χ2v) is 4.19. The van der Waals surface area contributed by atoms with Crippen molar-refractivity contribution < 1.29 is 18.8 Å². The van der Waals surface area contributed by atoms with Gasteiger partial charge in [-0.05, 0) is 18.2 Å². The number of carbonyl (C=O) groups excluding carboxylic acids is 3. The van der Waals surface area contributed by atoms with E-state index in [1.54, 1.807) is 0 Å². The van der Waals surface area contributed by atoms with Gasteiger partial charge >= 0.3 is 6.03 Å². The van der Waals surface area contributed by atoms with Crippen LogP contribution in [0.1, 0.15) is 10.4 Å². The number of hydrogen-bond donors (Lipinski definition) is 3. The quantitative estimate of drug-likeness (QED) is 0.404. The molecule has 0 heterocycles. The van der Waals surface area contributed by atoms with Crippen molar-refractivity contribution in [3.8, 4) is 0 Å². The summed E-state index contributed by atoms with van der Waals surface area (Å²) in [5, 5.41) is 4.85. The number of anilines is 1. The fourth-order valence-electron chi connectivity index (χ4n) is 1.69. The van der Waals surface area contributed by atoms with Gasteiger partial charge < -0.3 is 16.4 Å². The second-order valence-electron chi connectivity index (χ2n) is 4.19. The highest BCUT2D eigenvalue weighted by atomic mass is 19.1. The zero-order valence-electron chi connectivity index (χ0n) is 12.0. The highest BCUT2D eigenvalue weighted by molar-refractivity contribution is 5.99. The standard InChI is InChI=1S/C14H17FN4O3/c1-17-14(22)19(7-3-9-20)8-6-18-13(21)12-10(15)4-2-5-11(12)16/h2-5,7,9H,6,8,16H2,1H3,(H,17,22)(H,18,21)/b7-3-. The first-order valence-electron chi connectivity index (χ1n) is 6.43. The molecule has 0 aromatic heterocycles. The number of hydrogen-bond acceptors (Lipinski definition) is 4. The molecule has 4 N–H and O–H groups in total. The Hall–Kier alpha value is -2.90. The molecule has 0 spiro atoms. The van der Waals surface area contributed by atoms with Crippen molar-refractivity contribution in [1.82, 2.24) is 15.5 Å². The predicted molar refractivity (Wildman–Crippen MR) is 79.5 cm³/mol. The average Bonchev–Trinajstić information content (AvgIpc) is 2.49. The zero-order valence-corrected chi connectivity index (χ0v) is 12.0. The fraction of sp³-hybridized carbons (Fsp3) is 0.214. The van der Waals surface area contributed by atoms with E-state index < -0.39 is 17.8 Å². The molecule has 0 aliphatic carbocycles. The molecule has 22 heavy (non-hydrogen) atoms. The fourth-order valence-corrected chi connectivity index (χ4v) is 1.69. The van der Waals surface area contributed by atoms with Gasteiger partial charge in [-0.2, -0.15) is 0 Å². The third-order valence-electron chi connectivity index (χ3n) is 2.73. The molecule has 1 rings (SSSR count). The van der Waals surface area contributed by atoms with Crippen LogP contribution in [0.5, 0.6) is 0 Å². The molecule has 1 aromatic rings. The average molecular weight is 308 g/mol. The molecule has 0 fully saturated rings. The van der Waals surface area contributed by atoms with Crippen LogP contribution in [-0.2, 0) is 4.79 Å². The van der Waals surface area contributed by atoms with E-state index in [-0.39, 0.29) is 24.3 Å². The van der Waals surface area contributed by atoms with Gasteiger partial charge in [0.15, 0.2) is 0 Å². The Labute approximate surface area is 127 Å². The third kappa shape index (κ3) is 4.58. The first-order valence-corrected chi connectivity index (χ1v) is 6.43. The van der Waals surface area contributed by atoms with E-state index in [2.05, 4.69) is 10.6 Å². The number of benzene rings is 1. The van der Waals surface area contributed by atoms with Gasteiger partial charge in [0, 0.05) is 32.0 Å². The lowest BCUT2D eigenvalue weighted by Gasteiger charge is -2.18. The summed E-state index contributed by atoms with van der Waals surface area (Å²) < 4.78 is 13.6. The highest BCUT2D eigenvalue weighted by Gasteiger charge is 2.15. The van der Waals surface area contributed by atoms with E-state index in [1.807, 2.05) is 0 Å². The molecule has 118 valence electrons. The summed E-state index contributed by atoms with van der Waals surface area (Å²) in [6.07, 6.45) is 2.94. The number of nitrogens with two attached hydrogens (primary N) is 1. The minimum atomic E-state index is -0.721. The van der Waals surface area contributed by atoms with E-state index in [1.165, 1.54) is 30.3 Å². The number of nitrogens with one attached hydrogen (secondary N) is 2. The van der Waals surface area contributed by atoms with E-state index >= 15 is 0 Å². The van der Waals surface area contributed by atoms with Crippen LogP contribution in [0.15, 0.2) is 30.5 Å². The number of urea groups is 1. The van der Waals surface area contributed by atoms with E-state index in [0.29, 0.717) is 6.29 Å². The van der Waals surface area contributed by atoms with Crippen molar-refractivity contribution >= 4 is 23.9 Å². The molecule has 0 saturated carbocycles. The van der Waals surface area contributed by atoms with Crippen LogP contribution < -0.4 is 16.4 Å². The number of nitrogen functional groups attached to an aromatic ring is 1. The zero-order chi connectivity index (χ0) is 16.5. The smallest absolute Gasteiger partial charge is 0.321 e. The summed E-state index contributed by atoms with van der Waals surface area (Å²) in [7, 11) is 1.43. The summed E-state index contributed by atoms with van der Waals surface area (Å²) in [4.78, 5) is 34.9. The molecule has 7 nitrogen and oxygen atoms in total. The van der Waals surface area contributed by atoms with Gasteiger partial charge in [-0.3, -0.25) is 14.5 Å². The number of halogens is 1. The molecule has 0 saturated heterocycles. The monoisotopic (exact) mass is 308 g/mol. The van der Waals surface area contributed by atoms with Crippen LogP contribution in [-0.4, -0.2) is 43.3 Å². The lowest BCUT2D eigenvalue weighted by molar-refractivity contribution is -0.104. The van der Waals surface area contributed by atoms with Crippen LogP contribution in [0, 0.1) is 5.82 Å². The van der Waals surface area contributed by atoms with Gasteiger partial charge in [-0.15, -0.1) is 0 Å². The summed E-state index contributed by atoms with van der Waals surface area (Å²) in [6, 6.07) is 3.51. The SMILES string of the molecule is CNC(=O)N(/C=C\C=O)CCNC(=O)c1c(N)cccc1F. The Morgan fingerprint density at radius 2 is 2.14 bits per heavy atom. The number of nitrogens with zero attached hydrogens (tertiary/aromatic N) is 1. The van der Waals surface area contributed by atoms with Crippen molar-refractivity contribution in [2.24, 2.45) is 0 Å². The number of rotatable bonds is 6. The van der Waals surface area contributed by atoms with E-state index in [9.17, 15) is 18.8 Å². The van der Waals surface area contributed by atoms with Crippen molar-refractivity contribution in [1.29, 1.82) is 0 Å². The van der Waals surface area contributed by atoms with Gasteiger partial charge in [0.1, 0.15) is 12.1 Å². The molecule has 3 amide bonds. The van der Waals surface area contributed by atoms with Crippen molar-refractivity contribution in [3.63, 3.8) is 0 Å². The van der Waals surface area contributed by atoms with Crippen molar-refractivity contribution in [2.45, 2.75) is 0 Å². The maximum Gasteiger partial charge on any atom is 0.321 e. The molecular weight excluding hydrogens is 291 g/mol. The Morgan fingerprint density at radius 1 is 1.41 bits per heavy atom. The van der Waals surface area contributed by atoms with Gasteiger partial charge in [0.25, 0.3) is 5.91 Å². The molecule has 8 heteroatoms. The van der Waals surface area contributed by atoms with Gasteiger partial charge in [0.05, 0.1) is 5.56 Å². The summed E-state index contributed by atoms with van der Waals surface area (Å²) in [5.41, 5.74) is 5.35. The van der Waals surface area contributed by atoms with Crippen LogP contribution in [0.2, 0.25) is 0 Å². The normalized spacial score (nSPS) is 10.3. The summed E-state index contributed by atoms with van der Waals surface area (Å²) in [5.74, 6) is -1.40. The lowest BCUT2D eigenvalue weighted by atomic mass is 10.1. The molecule has 0 bridgehead atoms. The van der Waals surface area contributed by atoms with E-state index in [4.69, 9.17) is 5.73 Å². The molecular formula is C14H17FN4O3. The largest absolute Gasteiger partial charge is 0.398 e. The third-order valence-corrected chi connectivity index (χ3v) is 2.73. The Balaban J connectivity index is 2.65. The Bertz CT molecular complexity index is 569. The van der Waals surface area contributed by atoms with Crippen LogP contribution in [0.25, 0.3) is 0 Å². The minimum absolute atomic E-state index is 0.0292. The maximum absolute atomic E-state index is 13.6. The van der Waals surface area contributed by atoms with Crippen LogP contribution in [0.4, 0.5) is 14.9 Å². The number of aldehydes is 1. The molecule has 0 aliphatic rings. The van der Waals surface area contributed by atoms with Crippen molar-refractivity contribution in [3.05, 3.63) is 41.9 Å². The first kappa shape index (κ1) is 17.2. The van der Waals surface area contributed by atoms with Gasteiger partial charge in [-0.25, -0.2) is 9.18 Å². The maximum atomic E-state index is 13.6. The number of allylic oxidation sites excluding steroid dienone is 1. The molecule has 0 unspecified atom stereocenters. The summed E-state index contributed by atoms with van der Waals surface area (Å²) in [6.45, 7) is 0.160. The molecule has 0 atom stereocenters. The predicted octanol–water partition coefficient (Wildman–Crippen LogP) is 0.492. The highest BCUT2D eigenvalue weighted by Crippen LogP contribution is 2.14. The van der Waals surface area contributed by atoms with Gasteiger partial charge in [-0.1, -0.05) is 6.07 Å². The molecule has 0 radical (unpaired) electrons. The van der Waals surface area contributed by atoms with E-state index in [0.717, 1.165) is 12.1 Å².